The fourth-order valence-corrected chi connectivity index (χ4v) is 5.09. The maximum atomic E-state index is 12.6. The minimum Gasteiger partial charge on any atom is -0.373 e. The van der Waals surface area contributed by atoms with Crippen LogP contribution >= 0.6 is 0 Å². The van der Waals surface area contributed by atoms with E-state index in [1.165, 1.54) is 0 Å². The van der Waals surface area contributed by atoms with Gasteiger partial charge >= 0.3 is 0 Å². The highest BCUT2D eigenvalue weighted by atomic mass is 16.5. The molecule has 3 saturated heterocycles. The van der Waals surface area contributed by atoms with Crippen molar-refractivity contribution in [3.63, 3.8) is 0 Å². The molecule has 3 heterocycles. The average molecular weight is 426 g/mol. The Bertz CT molecular complexity index is 789. The van der Waals surface area contributed by atoms with Crippen LogP contribution in [0.15, 0.2) is 30.3 Å². The Labute approximate surface area is 185 Å². The summed E-state index contributed by atoms with van der Waals surface area (Å²) in [7, 11) is 0. The zero-order valence-corrected chi connectivity index (χ0v) is 18.8. The quantitative estimate of drug-likeness (QED) is 0.680. The summed E-state index contributed by atoms with van der Waals surface area (Å²) < 4.78 is 5.83. The number of hydrogen-bond donors (Lipinski definition) is 0. The standard InChI is InChI=1S/C25H35N3O3/c1-19-16-26(17-20(2)31-19)18-22-11-14-27(15-12-22)24(29)10-7-21-5-8-23(9-6-21)28-13-3-4-25(28)30/h5-10,19-20,22H,3-4,11-18H2,1-2H3/b10-7+. The van der Waals surface area contributed by atoms with Crippen molar-refractivity contribution < 1.29 is 14.3 Å². The molecule has 3 aliphatic heterocycles. The molecule has 2 amide bonds. The largest absolute Gasteiger partial charge is 0.373 e. The van der Waals surface area contributed by atoms with Crippen LogP contribution in [0.2, 0.25) is 0 Å². The van der Waals surface area contributed by atoms with E-state index in [1.807, 2.05) is 40.1 Å². The lowest BCUT2D eigenvalue weighted by molar-refractivity contribution is -0.127. The maximum absolute atomic E-state index is 12.6. The first-order valence-electron chi connectivity index (χ1n) is 11.7. The summed E-state index contributed by atoms with van der Waals surface area (Å²) in [5.74, 6) is 0.941. The molecule has 6 heteroatoms. The highest BCUT2D eigenvalue weighted by molar-refractivity contribution is 5.95. The first kappa shape index (κ1) is 22.0. The summed E-state index contributed by atoms with van der Waals surface area (Å²) in [5.41, 5.74) is 1.92. The molecule has 6 nitrogen and oxygen atoms in total. The molecule has 0 bridgehead atoms. The van der Waals surface area contributed by atoms with Crippen molar-refractivity contribution >= 4 is 23.6 Å². The summed E-state index contributed by atoms with van der Waals surface area (Å²) in [6.07, 6.45) is 7.87. The SMILES string of the molecule is CC1CN(CC2CCN(C(=O)/C=C/c3ccc(N4CCCC4=O)cc3)CC2)CC(C)O1. The second-order valence-corrected chi connectivity index (χ2v) is 9.32. The van der Waals surface area contributed by atoms with E-state index >= 15 is 0 Å². The molecule has 0 N–H and O–H groups in total. The van der Waals surface area contributed by atoms with Crippen molar-refractivity contribution in [2.45, 2.75) is 51.7 Å². The number of anilines is 1. The summed E-state index contributed by atoms with van der Waals surface area (Å²) in [6.45, 7) is 9.89. The Morgan fingerprint density at radius 1 is 1.06 bits per heavy atom. The lowest BCUT2D eigenvalue weighted by Crippen LogP contribution is -2.48. The zero-order chi connectivity index (χ0) is 21.8. The van der Waals surface area contributed by atoms with Gasteiger partial charge in [-0.2, -0.15) is 0 Å². The van der Waals surface area contributed by atoms with E-state index < -0.39 is 0 Å². The molecule has 3 fully saturated rings. The molecule has 0 radical (unpaired) electrons. The number of benzene rings is 1. The second-order valence-electron chi connectivity index (χ2n) is 9.32. The monoisotopic (exact) mass is 425 g/mol. The molecule has 1 aromatic rings. The Morgan fingerprint density at radius 3 is 2.35 bits per heavy atom. The van der Waals surface area contributed by atoms with Crippen molar-refractivity contribution in [3.05, 3.63) is 35.9 Å². The van der Waals surface area contributed by atoms with Gasteiger partial charge in [0.1, 0.15) is 0 Å². The highest BCUT2D eigenvalue weighted by Crippen LogP contribution is 2.23. The van der Waals surface area contributed by atoms with E-state index in [-0.39, 0.29) is 11.8 Å². The molecule has 31 heavy (non-hydrogen) atoms. The van der Waals surface area contributed by atoms with Crippen LogP contribution in [0.4, 0.5) is 5.69 Å². The van der Waals surface area contributed by atoms with E-state index in [0.29, 0.717) is 24.5 Å². The Balaban J connectivity index is 1.23. The first-order chi connectivity index (χ1) is 15.0. The van der Waals surface area contributed by atoms with Gasteiger partial charge in [-0.3, -0.25) is 14.5 Å². The topological polar surface area (TPSA) is 53.1 Å². The van der Waals surface area contributed by atoms with Gasteiger partial charge in [0.05, 0.1) is 12.2 Å². The van der Waals surface area contributed by atoms with Crippen LogP contribution in [-0.2, 0) is 14.3 Å². The molecule has 4 rings (SSSR count). The van der Waals surface area contributed by atoms with Crippen molar-refractivity contribution in [2.75, 3.05) is 44.2 Å². The number of morpholine rings is 1. The first-order valence-corrected chi connectivity index (χ1v) is 11.7. The third kappa shape index (κ3) is 5.74. The predicted octanol–water partition coefficient (Wildman–Crippen LogP) is 3.17. The predicted molar refractivity (Wildman–Crippen MR) is 123 cm³/mol. The highest BCUT2D eigenvalue weighted by Gasteiger charge is 2.27. The molecule has 0 spiro atoms. The molecule has 1 aromatic carbocycles. The fraction of sp³-hybridized carbons (Fsp3) is 0.600. The van der Waals surface area contributed by atoms with Crippen LogP contribution in [0.3, 0.4) is 0 Å². The number of nitrogens with zero attached hydrogens (tertiary/aromatic N) is 3. The summed E-state index contributed by atoms with van der Waals surface area (Å²) in [6, 6.07) is 7.88. The normalized spacial score (nSPS) is 26.2. The van der Waals surface area contributed by atoms with Crippen LogP contribution in [-0.4, -0.2) is 73.1 Å². The maximum Gasteiger partial charge on any atom is 0.246 e. The number of piperidine rings is 1. The third-order valence-corrected chi connectivity index (χ3v) is 6.63. The lowest BCUT2D eigenvalue weighted by Gasteiger charge is -2.39. The molecule has 2 unspecified atom stereocenters. The van der Waals surface area contributed by atoms with Gasteiger partial charge in [-0.15, -0.1) is 0 Å². The van der Waals surface area contributed by atoms with Crippen LogP contribution in [0.1, 0.15) is 45.1 Å². The number of rotatable bonds is 5. The molecule has 2 atom stereocenters. The van der Waals surface area contributed by atoms with Crippen molar-refractivity contribution in [3.8, 4) is 0 Å². The smallest absolute Gasteiger partial charge is 0.246 e. The van der Waals surface area contributed by atoms with Crippen LogP contribution in [0.5, 0.6) is 0 Å². The average Bonchev–Trinajstić information content (AvgIpc) is 3.18. The molecule has 3 aliphatic rings. The van der Waals surface area contributed by atoms with E-state index in [9.17, 15) is 9.59 Å². The minimum atomic E-state index is 0.0888. The van der Waals surface area contributed by atoms with Crippen molar-refractivity contribution in [1.29, 1.82) is 0 Å². The van der Waals surface area contributed by atoms with Gasteiger partial charge in [-0.05, 0) is 62.8 Å². The lowest BCUT2D eigenvalue weighted by atomic mass is 9.95. The molecule has 0 aliphatic carbocycles. The number of carbonyl (C=O) groups excluding carboxylic acids is 2. The van der Waals surface area contributed by atoms with Crippen molar-refractivity contribution in [1.82, 2.24) is 9.80 Å². The van der Waals surface area contributed by atoms with Gasteiger partial charge in [-0.25, -0.2) is 0 Å². The number of ether oxygens (including phenoxy) is 1. The third-order valence-electron chi connectivity index (χ3n) is 6.63. The Hall–Kier alpha value is -2.18. The Kier molecular flexibility index (Phi) is 7.08. The number of carbonyl (C=O) groups is 2. The summed E-state index contributed by atoms with van der Waals surface area (Å²) in [4.78, 5) is 30.8. The fourth-order valence-electron chi connectivity index (χ4n) is 5.09. The molecule has 0 saturated carbocycles. The van der Waals surface area contributed by atoms with Gasteiger partial charge in [0.25, 0.3) is 0 Å². The number of likely N-dealkylation sites (tertiary alicyclic amines) is 1. The summed E-state index contributed by atoms with van der Waals surface area (Å²) in [5, 5.41) is 0. The van der Waals surface area contributed by atoms with Gasteiger partial charge in [0.2, 0.25) is 11.8 Å². The molecule has 168 valence electrons. The van der Waals surface area contributed by atoms with E-state index in [2.05, 4.69) is 18.7 Å². The van der Waals surface area contributed by atoms with Crippen LogP contribution < -0.4 is 4.90 Å². The van der Waals surface area contributed by atoms with Gasteiger partial charge in [-0.1, -0.05) is 12.1 Å². The van der Waals surface area contributed by atoms with Crippen LogP contribution in [0.25, 0.3) is 6.08 Å². The van der Waals surface area contributed by atoms with Gasteiger partial charge in [0.15, 0.2) is 0 Å². The minimum absolute atomic E-state index is 0.0888. The zero-order valence-electron chi connectivity index (χ0n) is 18.8. The van der Waals surface area contributed by atoms with Crippen molar-refractivity contribution in [2.24, 2.45) is 5.92 Å². The van der Waals surface area contributed by atoms with E-state index in [4.69, 9.17) is 4.74 Å². The molecule has 0 aromatic heterocycles. The molecular weight excluding hydrogens is 390 g/mol. The van der Waals surface area contributed by atoms with Crippen LogP contribution in [0, 0.1) is 5.92 Å². The van der Waals surface area contributed by atoms with Gasteiger partial charge in [0, 0.05) is 57.5 Å². The summed E-state index contributed by atoms with van der Waals surface area (Å²) >= 11 is 0. The Morgan fingerprint density at radius 2 is 1.74 bits per heavy atom. The second kappa shape index (κ2) is 9.96. The van der Waals surface area contributed by atoms with E-state index in [0.717, 1.165) is 69.8 Å². The number of amides is 2. The number of hydrogen-bond acceptors (Lipinski definition) is 4. The van der Waals surface area contributed by atoms with E-state index in [1.54, 1.807) is 6.08 Å². The molecular formula is C25H35N3O3. The van der Waals surface area contributed by atoms with Gasteiger partial charge < -0.3 is 14.5 Å².